The molecular weight excluding hydrogens is 393 g/mol. The summed E-state index contributed by atoms with van der Waals surface area (Å²) < 4.78 is 21.6. The molecule has 1 fully saturated rings. The van der Waals surface area contributed by atoms with Gasteiger partial charge in [0.2, 0.25) is 5.88 Å². The first kappa shape index (κ1) is 21.5. The first-order valence-corrected chi connectivity index (χ1v) is 11.0. The fourth-order valence-corrected chi connectivity index (χ4v) is 3.97. The third-order valence-corrected chi connectivity index (χ3v) is 5.64. The van der Waals surface area contributed by atoms with Crippen molar-refractivity contribution < 1.29 is 14.2 Å². The highest BCUT2D eigenvalue weighted by Crippen LogP contribution is 2.37. The number of nitrogens with zero attached hydrogens (tertiary/aromatic N) is 3. The molecule has 0 radical (unpaired) electrons. The molecular formula is C25H30FN3O2. The Morgan fingerprint density at radius 2 is 1.97 bits per heavy atom. The van der Waals surface area contributed by atoms with Crippen molar-refractivity contribution in [2.45, 2.75) is 51.3 Å². The maximum absolute atomic E-state index is 13.7. The van der Waals surface area contributed by atoms with Gasteiger partial charge in [-0.25, -0.2) is 9.07 Å². The zero-order chi connectivity index (χ0) is 21.8. The molecule has 0 amide bonds. The molecule has 0 aliphatic heterocycles. The van der Waals surface area contributed by atoms with Gasteiger partial charge in [-0.1, -0.05) is 49.7 Å². The van der Waals surface area contributed by atoms with Crippen LogP contribution in [0, 0.1) is 5.82 Å². The van der Waals surface area contributed by atoms with Crippen LogP contribution in [-0.4, -0.2) is 38.5 Å². The molecule has 6 heteroatoms. The molecule has 0 saturated heterocycles. The second-order valence-corrected chi connectivity index (χ2v) is 8.28. The molecule has 0 spiro atoms. The summed E-state index contributed by atoms with van der Waals surface area (Å²) in [7, 11) is 1.85. The van der Waals surface area contributed by atoms with Gasteiger partial charge in [0.25, 0.3) is 0 Å². The van der Waals surface area contributed by atoms with Gasteiger partial charge in [0, 0.05) is 37.8 Å². The molecule has 0 unspecified atom stereocenters. The van der Waals surface area contributed by atoms with Gasteiger partial charge in [0.05, 0.1) is 11.7 Å². The Morgan fingerprint density at radius 1 is 1.19 bits per heavy atom. The fourth-order valence-electron chi connectivity index (χ4n) is 3.97. The van der Waals surface area contributed by atoms with Gasteiger partial charge < -0.3 is 9.84 Å². The van der Waals surface area contributed by atoms with Crippen LogP contribution in [0.15, 0.2) is 54.6 Å². The average Bonchev–Trinajstić information content (AvgIpc) is 3.56. The molecule has 2 aromatic carbocycles. The minimum atomic E-state index is -0.352. The SMILES string of the molecule is CCC[C@@H](O)CN(Cc1c(-c2ccccc2)nn(C)c1Oc1cccc(F)c1)C1CC1. The molecule has 1 aliphatic carbocycles. The van der Waals surface area contributed by atoms with E-state index in [1.54, 1.807) is 16.8 Å². The summed E-state index contributed by atoms with van der Waals surface area (Å²) >= 11 is 0. The maximum Gasteiger partial charge on any atom is 0.222 e. The van der Waals surface area contributed by atoms with E-state index in [0.29, 0.717) is 30.8 Å². The normalized spacial score (nSPS) is 14.7. The molecule has 1 aliphatic rings. The average molecular weight is 424 g/mol. The Kier molecular flexibility index (Phi) is 6.68. The molecule has 164 valence electrons. The monoisotopic (exact) mass is 423 g/mol. The van der Waals surface area contributed by atoms with Crippen molar-refractivity contribution in [2.24, 2.45) is 7.05 Å². The van der Waals surface area contributed by atoms with E-state index in [0.717, 1.165) is 42.5 Å². The van der Waals surface area contributed by atoms with Crippen LogP contribution in [-0.2, 0) is 13.6 Å². The number of rotatable bonds is 10. The molecule has 1 heterocycles. The summed E-state index contributed by atoms with van der Waals surface area (Å²) in [5.74, 6) is 0.694. The minimum absolute atomic E-state index is 0.341. The molecule has 1 aromatic heterocycles. The van der Waals surface area contributed by atoms with Crippen LogP contribution >= 0.6 is 0 Å². The Bertz CT molecular complexity index is 1000. The van der Waals surface area contributed by atoms with E-state index in [1.807, 2.05) is 37.4 Å². The van der Waals surface area contributed by atoms with Crippen molar-refractivity contribution >= 4 is 0 Å². The van der Waals surface area contributed by atoms with Crippen molar-refractivity contribution in [3.8, 4) is 22.9 Å². The zero-order valence-electron chi connectivity index (χ0n) is 18.2. The summed E-state index contributed by atoms with van der Waals surface area (Å²) in [6, 6.07) is 16.7. The number of aliphatic hydroxyl groups is 1. The quantitative estimate of drug-likeness (QED) is 0.490. The molecule has 3 aromatic rings. The van der Waals surface area contributed by atoms with E-state index in [9.17, 15) is 9.50 Å². The predicted octanol–water partition coefficient (Wildman–Crippen LogP) is 5.14. The third kappa shape index (κ3) is 5.32. The van der Waals surface area contributed by atoms with Crippen LogP contribution in [0.4, 0.5) is 4.39 Å². The van der Waals surface area contributed by atoms with E-state index < -0.39 is 0 Å². The van der Waals surface area contributed by atoms with Gasteiger partial charge in [0.1, 0.15) is 17.3 Å². The number of halogens is 1. The van der Waals surface area contributed by atoms with Crippen LogP contribution in [0.5, 0.6) is 11.6 Å². The zero-order valence-corrected chi connectivity index (χ0v) is 18.2. The van der Waals surface area contributed by atoms with Gasteiger partial charge in [0.15, 0.2) is 0 Å². The molecule has 5 nitrogen and oxygen atoms in total. The topological polar surface area (TPSA) is 50.5 Å². The lowest BCUT2D eigenvalue weighted by Gasteiger charge is -2.25. The van der Waals surface area contributed by atoms with Gasteiger partial charge in [-0.05, 0) is 31.4 Å². The highest BCUT2D eigenvalue weighted by atomic mass is 19.1. The van der Waals surface area contributed by atoms with Gasteiger partial charge >= 0.3 is 0 Å². The molecule has 1 saturated carbocycles. The molecule has 4 rings (SSSR count). The second-order valence-electron chi connectivity index (χ2n) is 8.28. The van der Waals surface area contributed by atoms with Gasteiger partial charge in [-0.15, -0.1) is 0 Å². The standard InChI is InChI=1S/C25H30FN3O2/c1-3-8-21(30)16-29(20-13-14-20)17-23-24(18-9-5-4-6-10-18)27-28(2)25(23)31-22-12-7-11-19(26)15-22/h4-7,9-12,15,20-21,30H,3,8,13-14,16-17H2,1-2H3/t21-/m1/s1. The highest BCUT2D eigenvalue weighted by molar-refractivity contribution is 5.65. The largest absolute Gasteiger partial charge is 0.439 e. The minimum Gasteiger partial charge on any atom is -0.439 e. The Labute approximate surface area is 183 Å². The van der Waals surface area contributed by atoms with Gasteiger partial charge in [-0.3, -0.25) is 4.90 Å². The third-order valence-electron chi connectivity index (χ3n) is 5.64. The number of aromatic nitrogens is 2. The summed E-state index contributed by atoms with van der Waals surface area (Å²) in [5.41, 5.74) is 2.81. The number of hydrogen-bond acceptors (Lipinski definition) is 4. The van der Waals surface area contributed by atoms with Crippen LogP contribution < -0.4 is 4.74 Å². The number of benzene rings is 2. The van der Waals surface area contributed by atoms with Crippen molar-refractivity contribution in [3.63, 3.8) is 0 Å². The Morgan fingerprint density at radius 3 is 2.65 bits per heavy atom. The van der Waals surface area contributed by atoms with Crippen molar-refractivity contribution in [3.05, 3.63) is 66.0 Å². The van der Waals surface area contributed by atoms with Crippen molar-refractivity contribution in [1.82, 2.24) is 14.7 Å². The van der Waals surface area contributed by atoms with Crippen LogP contribution in [0.2, 0.25) is 0 Å². The number of hydrogen-bond donors (Lipinski definition) is 1. The predicted molar refractivity (Wildman–Crippen MR) is 119 cm³/mol. The molecule has 0 bridgehead atoms. The maximum atomic E-state index is 13.7. The van der Waals surface area contributed by atoms with Crippen LogP contribution in [0.25, 0.3) is 11.3 Å². The summed E-state index contributed by atoms with van der Waals surface area (Å²) in [5, 5.41) is 15.2. The first-order valence-electron chi connectivity index (χ1n) is 11.0. The molecule has 1 N–H and O–H groups in total. The highest BCUT2D eigenvalue weighted by Gasteiger charge is 2.32. The Balaban J connectivity index is 1.70. The number of aryl methyl sites for hydroxylation is 1. The van der Waals surface area contributed by atoms with Crippen molar-refractivity contribution in [2.75, 3.05) is 6.54 Å². The van der Waals surface area contributed by atoms with Crippen molar-refractivity contribution in [1.29, 1.82) is 0 Å². The summed E-state index contributed by atoms with van der Waals surface area (Å²) in [6.07, 6.45) is 3.67. The second kappa shape index (κ2) is 9.62. The summed E-state index contributed by atoms with van der Waals surface area (Å²) in [4.78, 5) is 2.34. The first-order chi connectivity index (χ1) is 15.0. The van der Waals surface area contributed by atoms with E-state index in [2.05, 4.69) is 11.8 Å². The fraction of sp³-hybridized carbons (Fsp3) is 0.400. The van der Waals surface area contributed by atoms with Crippen LogP contribution in [0.3, 0.4) is 0 Å². The smallest absolute Gasteiger partial charge is 0.222 e. The number of aliphatic hydroxyl groups excluding tert-OH is 1. The van der Waals surface area contributed by atoms with Gasteiger partial charge in [-0.2, -0.15) is 5.10 Å². The molecule has 31 heavy (non-hydrogen) atoms. The molecule has 1 atom stereocenters. The lowest BCUT2D eigenvalue weighted by molar-refractivity contribution is 0.0963. The van der Waals surface area contributed by atoms with E-state index in [1.165, 1.54) is 12.1 Å². The summed E-state index contributed by atoms with van der Waals surface area (Å²) in [6.45, 7) is 3.33. The van der Waals surface area contributed by atoms with Crippen LogP contribution in [0.1, 0.15) is 38.2 Å². The lowest BCUT2D eigenvalue weighted by atomic mass is 10.1. The van der Waals surface area contributed by atoms with E-state index in [-0.39, 0.29) is 11.9 Å². The lowest BCUT2D eigenvalue weighted by Crippen LogP contribution is -2.34. The van der Waals surface area contributed by atoms with E-state index in [4.69, 9.17) is 9.84 Å². The van der Waals surface area contributed by atoms with E-state index >= 15 is 0 Å². The number of ether oxygens (including phenoxy) is 1. The Hall–Kier alpha value is -2.70.